The van der Waals surface area contributed by atoms with Crippen molar-refractivity contribution in [2.75, 3.05) is 6.61 Å². The molecule has 0 radical (unpaired) electrons. The fraction of sp³-hybridized carbons (Fsp3) is 0.538. The molecule has 0 aromatic heterocycles. The van der Waals surface area contributed by atoms with E-state index in [9.17, 15) is 0 Å². The second-order valence-corrected chi connectivity index (χ2v) is 4.55. The van der Waals surface area contributed by atoms with Crippen molar-refractivity contribution in [3.8, 4) is 0 Å². The van der Waals surface area contributed by atoms with Crippen LogP contribution in [0, 0.1) is 0 Å². The summed E-state index contributed by atoms with van der Waals surface area (Å²) < 4.78 is 5.65. The molecule has 0 saturated carbocycles. The molecule has 0 bridgehead atoms. The smallest absolute Gasteiger partial charge is 0.0598 e. The van der Waals surface area contributed by atoms with E-state index < -0.39 is 0 Å². The number of hydrogen-bond acceptors (Lipinski definition) is 1. The molecular weight excluding hydrogens is 172 g/mol. The summed E-state index contributed by atoms with van der Waals surface area (Å²) in [7, 11) is 0. The fourth-order valence-electron chi connectivity index (χ4n) is 1.30. The Morgan fingerprint density at radius 3 is 2.29 bits per heavy atom. The molecule has 0 unspecified atom stereocenters. The molecule has 14 heavy (non-hydrogen) atoms. The van der Waals surface area contributed by atoms with Crippen LogP contribution in [0.1, 0.15) is 32.8 Å². The average molecular weight is 192 g/mol. The predicted molar refractivity (Wildman–Crippen MR) is 60.5 cm³/mol. The van der Waals surface area contributed by atoms with E-state index in [1.165, 1.54) is 5.56 Å². The van der Waals surface area contributed by atoms with Gasteiger partial charge in [0, 0.05) is 6.61 Å². The topological polar surface area (TPSA) is 9.23 Å². The molecule has 0 spiro atoms. The van der Waals surface area contributed by atoms with Crippen LogP contribution >= 0.6 is 0 Å². The van der Waals surface area contributed by atoms with Crippen LogP contribution in [0.3, 0.4) is 0 Å². The highest BCUT2D eigenvalue weighted by molar-refractivity contribution is 5.14. The summed E-state index contributed by atoms with van der Waals surface area (Å²) in [5.41, 5.74) is 1.39. The molecule has 1 heteroatoms. The zero-order chi connectivity index (χ0) is 10.4. The summed E-state index contributed by atoms with van der Waals surface area (Å²) in [6, 6.07) is 10.5. The maximum Gasteiger partial charge on any atom is 0.0598 e. The van der Waals surface area contributed by atoms with Gasteiger partial charge in [-0.25, -0.2) is 0 Å². The van der Waals surface area contributed by atoms with Crippen LogP contribution in [-0.2, 0) is 11.2 Å². The number of ether oxygens (including phenoxy) is 1. The molecule has 0 fully saturated rings. The molecule has 0 heterocycles. The third-order valence-corrected chi connectivity index (χ3v) is 1.99. The second-order valence-electron chi connectivity index (χ2n) is 4.55. The first-order valence-corrected chi connectivity index (χ1v) is 5.26. The maximum atomic E-state index is 5.65. The third-order valence-electron chi connectivity index (χ3n) is 1.99. The van der Waals surface area contributed by atoms with Crippen molar-refractivity contribution >= 4 is 0 Å². The molecule has 1 nitrogen and oxygen atoms in total. The maximum absolute atomic E-state index is 5.65. The van der Waals surface area contributed by atoms with E-state index in [4.69, 9.17) is 4.74 Å². The van der Waals surface area contributed by atoms with E-state index in [0.29, 0.717) is 0 Å². The van der Waals surface area contributed by atoms with Crippen LogP contribution in [0.15, 0.2) is 30.3 Å². The number of hydrogen-bond donors (Lipinski definition) is 0. The lowest BCUT2D eigenvalue weighted by Gasteiger charge is -2.19. The minimum absolute atomic E-state index is 0.00329. The van der Waals surface area contributed by atoms with Gasteiger partial charge in [0.2, 0.25) is 0 Å². The van der Waals surface area contributed by atoms with Gasteiger partial charge < -0.3 is 4.74 Å². The number of aryl methyl sites for hydroxylation is 1. The molecule has 0 saturated heterocycles. The monoisotopic (exact) mass is 192 g/mol. The van der Waals surface area contributed by atoms with Crippen molar-refractivity contribution in [1.29, 1.82) is 0 Å². The molecule has 0 aliphatic rings. The third kappa shape index (κ3) is 5.03. The second kappa shape index (κ2) is 5.16. The molecule has 0 atom stereocenters. The van der Waals surface area contributed by atoms with Crippen molar-refractivity contribution in [3.05, 3.63) is 35.9 Å². The Morgan fingerprint density at radius 2 is 1.71 bits per heavy atom. The van der Waals surface area contributed by atoms with Gasteiger partial charge in [-0.3, -0.25) is 0 Å². The summed E-state index contributed by atoms with van der Waals surface area (Å²) >= 11 is 0. The van der Waals surface area contributed by atoms with Gasteiger partial charge >= 0.3 is 0 Å². The van der Waals surface area contributed by atoms with Crippen molar-refractivity contribution in [1.82, 2.24) is 0 Å². The normalized spacial score (nSPS) is 11.6. The Kier molecular flexibility index (Phi) is 4.15. The van der Waals surface area contributed by atoms with E-state index in [-0.39, 0.29) is 5.60 Å². The summed E-state index contributed by atoms with van der Waals surface area (Å²) in [6.45, 7) is 7.12. The molecule has 0 N–H and O–H groups in total. The van der Waals surface area contributed by atoms with Gasteiger partial charge in [0.15, 0.2) is 0 Å². The van der Waals surface area contributed by atoms with Gasteiger partial charge in [0.25, 0.3) is 0 Å². The average Bonchev–Trinajstić information content (AvgIpc) is 2.13. The predicted octanol–water partition coefficient (Wildman–Crippen LogP) is 3.43. The molecule has 1 aromatic carbocycles. The number of benzene rings is 1. The Hall–Kier alpha value is -0.820. The highest BCUT2D eigenvalue weighted by Crippen LogP contribution is 2.08. The van der Waals surface area contributed by atoms with Gasteiger partial charge in [-0.15, -0.1) is 0 Å². The van der Waals surface area contributed by atoms with Crippen molar-refractivity contribution in [3.63, 3.8) is 0 Å². The van der Waals surface area contributed by atoms with Crippen LogP contribution in [-0.4, -0.2) is 12.2 Å². The Balaban J connectivity index is 2.17. The molecule has 0 aliphatic heterocycles. The van der Waals surface area contributed by atoms with E-state index in [1.807, 2.05) is 0 Å². The van der Waals surface area contributed by atoms with Gasteiger partial charge in [-0.2, -0.15) is 0 Å². The van der Waals surface area contributed by atoms with Gasteiger partial charge in [-0.1, -0.05) is 30.3 Å². The molecule has 78 valence electrons. The lowest BCUT2D eigenvalue weighted by molar-refractivity contribution is -0.00384. The summed E-state index contributed by atoms with van der Waals surface area (Å²) in [6.07, 6.45) is 2.21. The molecular formula is C13H20O. The van der Waals surface area contributed by atoms with Crippen LogP contribution in [0.2, 0.25) is 0 Å². The van der Waals surface area contributed by atoms with E-state index >= 15 is 0 Å². The molecule has 0 amide bonds. The van der Waals surface area contributed by atoms with Crippen LogP contribution < -0.4 is 0 Å². The van der Waals surface area contributed by atoms with Gasteiger partial charge in [0.1, 0.15) is 0 Å². The molecule has 0 aliphatic carbocycles. The van der Waals surface area contributed by atoms with E-state index in [2.05, 4.69) is 51.1 Å². The lowest BCUT2D eigenvalue weighted by Crippen LogP contribution is -2.19. The Bertz CT molecular complexity index is 246. The van der Waals surface area contributed by atoms with E-state index in [0.717, 1.165) is 19.4 Å². The van der Waals surface area contributed by atoms with Crippen molar-refractivity contribution in [2.24, 2.45) is 0 Å². The minimum atomic E-state index is -0.00329. The van der Waals surface area contributed by atoms with Crippen molar-refractivity contribution < 1.29 is 4.74 Å². The van der Waals surface area contributed by atoms with Crippen LogP contribution in [0.4, 0.5) is 0 Å². The summed E-state index contributed by atoms with van der Waals surface area (Å²) in [5, 5.41) is 0. The first-order valence-electron chi connectivity index (χ1n) is 5.26. The van der Waals surface area contributed by atoms with Crippen LogP contribution in [0.25, 0.3) is 0 Å². The van der Waals surface area contributed by atoms with Crippen LogP contribution in [0.5, 0.6) is 0 Å². The van der Waals surface area contributed by atoms with Crippen molar-refractivity contribution in [2.45, 2.75) is 39.2 Å². The standard InChI is InChI=1S/C13H20O/c1-13(2,3)14-11-7-10-12-8-5-4-6-9-12/h4-6,8-9H,7,10-11H2,1-3H3. The number of rotatable bonds is 4. The van der Waals surface area contributed by atoms with Gasteiger partial charge in [-0.05, 0) is 39.2 Å². The first-order chi connectivity index (χ1) is 6.58. The SMILES string of the molecule is CC(C)(C)OCCCc1ccccc1. The summed E-state index contributed by atoms with van der Waals surface area (Å²) in [5.74, 6) is 0. The highest BCUT2D eigenvalue weighted by Gasteiger charge is 2.08. The molecule has 1 rings (SSSR count). The Labute approximate surface area is 87.1 Å². The lowest BCUT2D eigenvalue weighted by atomic mass is 10.1. The largest absolute Gasteiger partial charge is 0.376 e. The Morgan fingerprint density at radius 1 is 1.07 bits per heavy atom. The fourth-order valence-corrected chi connectivity index (χ4v) is 1.30. The zero-order valence-electron chi connectivity index (χ0n) is 9.42. The summed E-state index contributed by atoms with van der Waals surface area (Å²) in [4.78, 5) is 0. The van der Waals surface area contributed by atoms with Gasteiger partial charge in [0.05, 0.1) is 5.60 Å². The van der Waals surface area contributed by atoms with E-state index in [1.54, 1.807) is 0 Å². The first kappa shape index (κ1) is 11.3. The highest BCUT2D eigenvalue weighted by atomic mass is 16.5. The minimum Gasteiger partial charge on any atom is -0.376 e. The molecule has 1 aromatic rings. The quantitative estimate of drug-likeness (QED) is 0.664. The zero-order valence-corrected chi connectivity index (χ0v) is 9.42.